The molecular formula is C20H18Cl2N2O4S. The minimum absolute atomic E-state index is 0.0597. The number of carbonyl (C=O) groups excluding carboxylic acids is 2. The van der Waals surface area contributed by atoms with Crippen LogP contribution in [-0.4, -0.2) is 28.1 Å². The highest BCUT2D eigenvalue weighted by atomic mass is 35.5. The van der Waals surface area contributed by atoms with E-state index in [1.807, 2.05) is 0 Å². The van der Waals surface area contributed by atoms with Crippen LogP contribution in [0.15, 0.2) is 59.0 Å². The number of rotatable bonds is 7. The molecule has 0 aromatic heterocycles. The van der Waals surface area contributed by atoms with Gasteiger partial charge in [0, 0.05) is 38.0 Å². The number of carbonyl (C=O) groups is 3. The molecule has 0 radical (unpaired) electrons. The Balaban J connectivity index is 1.94. The lowest BCUT2D eigenvalue weighted by Gasteiger charge is -2.13. The van der Waals surface area contributed by atoms with E-state index in [9.17, 15) is 14.4 Å². The van der Waals surface area contributed by atoms with Crippen LogP contribution < -0.4 is 10.6 Å². The Morgan fingerprint density at radius 3 is 2.14 bits per heavy atom. The molecule has 2 rings (SSSR count). The Kier molecular flexibility index (Phi) is 8.13. The summed E-state index contributed by atoms with van der Waals surface area (Å²) in [7, 11) is 0. The molecule has 6 nitrogen and oxygen atoms in total. The average Bonchev–Trinajstić information content (AvgIpc) is 2.62. The molecule has 29 heavy (non-hydrogen) atoms. The first-order chi connectivity index (χ1) is 13.6. The summed E-state index contributed by atoms with van der Waals surface area (Å²) in [5.74, 6) is -1.89. The van der Waals surface area contributed by atoms with Crippen LogP contribution in [0.4, 0.5) is 11.4 Å². The van der Waals surface area contributed by atoms with Gasteiger partial charge in [-0.1, -0.05) is 23.2 Å². The summed E-state index contributed by atoms with van der Waals surface area (Å²) >= 11 is 13.2. The fraction of sp³-hybridized carbons (Fsp3) is 0.150. The van der Waals surface area contributed by atoms with Crippen LogP contribution in [0.2, 0.25) is 10.0 Å². The number of benzene rings is 2. The van der Waals surface area contributed by atoms with Gasteiger partial charge in [0.05, 0.1) is 5.25 Å². The monoisotopic (exact) mass is 452 g/mol. The molecule has 1 unspecified atom stereocenters. The van der Waals surface area contributed by atoms with Gasteiger partial charge in [0.15, 0.2) is 0 Å². The van der Waals surface area contributed by atoms with Crippen molar-refractivity contribution >= 4 is 64.1 Å². The highest BCUT2D eigenvalue weighted by Crippen LogP contribution is 2.27. The average molecular weight is 453 g/mol. The summed E-state index contributed by atoms with van der Waals surface area (Å²) in [6.45, 7) is 3.10. The Morgan fingerprint density at radius 1 is 1.00 bits per heavy atom. The second-order valence-corrected chi connectivity index (χ2v) is 8.34. The number of nitrogens with one attached hydrogen (secondary N) is 2. The molecule has 0 heterocycles. The maximum atomic E-state index is 12.4. The van der Waals surface area contributed by atoms with Gasteiger partial charge in [0.2, 0.25) is 11.8 Å². The van der Waals surface area contributed by atoms with Crippen LogP contribution in [0.25, 0.3) is 0 Å². The Hall–Kier alpha value is -2.48. The first-order valence-electron chi connectivity index (χ1n) is 8.40. The van der Waals surface area contributed by atoms with E-state index >= 15 is 0 Å². The Bertz CT molecular complexity index is 941. The third kappa shape index (κ3) is 7.45. The molecule has 0 saturated carbocycles. The normalized spacial score (nSPS) is 12.2. The number of anilines is 2. The largest absolute Gasteiger partial charge is 0.478 e. The number of aliphatic carboxylic acids is 1. The maximum Gasteiger partial charge on any atom is 0.331 e. The quantitative estimate of drug-likeness (QED) is 0.401. The number of hydrogen-bond acceptors (Lipinski definition) is 4. The van der Waals surface area contributed by atoms with Crippen molar-refractivity contribution in [3.8, 4) is 0 Å². The first-order valence-corrected chi connectivity index (χ1v) is 10.0. The molecule has 9 heteroatoms. The standard InChI is InChI=1S/C20H18Cl2N2O4S/c1-11(20(27)28)7-18(25)23-15-3-5-17(6-4-15)29-12(2)19(26)24-16-9-13(21)8-14(22)10-16/h3-10,12H,1-2H3,(H,23,25)(H,24,26)(H,27,28). The van der Waals surface area contributed by atoms with E-state index in [1.165, 1.54) is 18.7 Å². The zero-order valence-electron chi connectivity index (χ0n) is 15.5. The lowest BCUT2D eigenvalue weighted by atomic mass is 10.2. The zero-order chi connectivity index (χ0) is 21.6. The van der Waals surface area contributed by atoms with Crippen LogP contribution in [0.5, 0.6) is 0 Å². The Labute approximate surface area is 182 Å². The molecule has 152 valence electrons. The van der Waals surface area contributed by atoms with Gasteiger partial charge in [-0.15, -0.1) is 11.8 Å². The van der Waals surface area contributed by atoms with Gasteiger partial charge in [0.25, 0.3) is 0 Å². The molecule has 0 aliphatic rings. The van der Waals surface area contributed by atoms with Gasteiger partial charge in [-0.05, 0) is 56.3 Å². The van der Waals surface area contributed by atoms with Crippen molar-refractivity contribution < 1.29 is 19.5 Å². The van der Waals surface area contributed by atoms with Gasteiger partial charge in [-0.3, -0.25) is 9.59 Å². The van der Waals surface area contributed by atoms with Gasteiger partial charge < -0.3 is 15.7 Å². The molecule has 0 saturated heterocycles. The number of carboxylic acid groups (broad SMARTS) is 1. The summed E-state index contributed by atoms with van der Waals surface area (Å²) in [5.41, 5.74) is 0.970. The summed E-state index contributed by atoms with van der Waals surface area (Å²) in [5, 5.41) is 14.6. The first kappa shape index (κ1) is 22.8. The lowest BCUT2D eigenvalue weighted by Crippen LogP contribution is -2.22. The number of halogens is 2. The van der Waals surface area contributed by atoms with Crippen molar-refractivity contribution in [2.45, 2.75) is 24.0 Å². The molecule has 3 N–H and O–H groups in total. The van der Waals surface area contributed by atoms with Crippen molar-refractivity contribution in [2.24, 2.45) is 0 Å². The molecule has 1 atom stereocenters. The molecule has 0 fully saturated rings. The van der Waals surface area contributed by atoms with E-state index in [0.717, 1.165) is 11.0 Å². The number of thioether (sulfide) groups is 1. The SMILES string of the molecule is CC(=CC(=O)Nc1ccc(SC(C)C(=O)Nc2cc(Cl)cc(Cl)c2)cc1)C(=O)O. The smallest absolute Gasteiger partial charge is 0.331 e. The van der Waals surface area contributed by atoms with E-state index in [2.05, 4.69) is 10.6 Å². The Morgan fingerprint density at radius 2 is 1.59 bits per heavy atom. The van der Waals surface area contributed by atoms with E-state index in [0.29, 0.717) is 21.4 Å². The fourth-order valence-corrected chi connectivity index (χ4v) is 3.57. The van der Waals surface area contributed by atoms with E-state index in [1.54, 1.807) is 49.4 Å². The molecule has 0 aliphatic heterocycles. The summed E-state index contributed by atoms with van der Waals surface area (Å²) < 4.78 is 0. The maximum absolute atomic E-state index is 12.4. The zero-order valence-corrected chi connectivity index (χ0v) is 17.9. The summed E-state index contributed by atoms with van der Waals surface area (Å²) in [4.78, 5) is 35.7. The van der Waals surface area contributed by atoms with Gasteiger partial charge >= 0.3 is 5.97 Å². The molecular weight excluding hydrogens is 435 g/mol. The molecule has 2 aromatic carbocycles. The van der Waals surface area contributed by atoms with Crippen molar-refractivity contribution in [2.75, 3.05) is 10.6 Å². The van der Waals surface area contributed by atoms with Gasteiger partial charge in [0.1, 0.15) is 0 Å². The predicted molar refractivity (Wildman–Crippen MR) is 117 cm³/mol. The molecule has 0 aliphatic carbocycles. The summed E-state index contributed by atoms with van der Waals surface area (Å²) in [6, 6.07) is 11.7. The number of hydrogen-bond donors (Lipinski definition) is 3. The van der Waals surface area contributed by atoms with Crippen LogP contribution in [-0.2, 0) is 14.4 Å². The molecule has 2 aromatic rings. The highest BCUT2D eigenvalue weighted by molar-refractivity contribution is 8.00. The van der Waals surface area contributed by atoms with Crippen molar-refractivity contribution in [3.05, 3.63) is 64.2 Å². The van der Waals surface area contributed by atoms with Crippen LogP contribution >= 0.6 is 35.0 Å². The second-order valence-electron chi connectivity index (χ2n) is 6.05. The number of carboxylic acids is 1. The third-order valence-electron chi connectivity index (χ3n) is 3.62. The van der Waals surface area contributed by atoms with E-state index < -0.39 is 17.1 Å². The summed E-state index contributed by atoms with van der Waals surface area (Å²) in [6.07, 6.45) is 1.01. The van der Waals surface area contributed by atoms with Crippen LogP contribution in [0, 0.1) is 0 Å². The fourth-order valence-electron chi connectivity index (χ4n) is 2.18. The van der Waals surface area contributed by atoms with Crippen LogP contribution in [0.3, 0.4) is 0 Å². The van der Waals surface area contributed by atoms with Gasteiger partial charge in [-0.2, -0.15) is 0 Å². The van der Waals surface area contributed by atoms with Gasteiger partial charge in [-0.25, -0.2) is 4.79 Å². The topological polar surface area (TPSA) is 95.5 Å². The minimum Gasteiger partial charge on any atom is -0.478 e. The van der Waals surface area contributed by atoms with E-state index in [-0.39, 0.29) is 11.5 Å². The molecule has 0 bridgehead atoms. The second kappa shape index (κ2) is 10.3. The molecule has 2 amide bonds. The molecule has 0 spiro atoms. The van der Waals surface area contributed by atoms with Crippen LogP contribution in [0.1, 0.15) is 13.8 Å². The van der Waals surface area contributed by atoms with E-state index in [4.69, 9.17) is 28.3 Å². The minimum atomic E-state index is -1.15. The van der Waals surface area contributed by atoms with Crippen molar-refractivity contribution in [1.82, 2.24) is 0 Å². The highest BCUT2D eigenvalue weighted by Gasteiger charge is 2.15. The van der Waals surface area contributed by atoms with Crippen molar-refractivity contribution in [3.63, 3.8) is 0 Å². The third-order valence-corrected chi connectivity index (χ3v) is 5.17. The lowest BCUT2D eigenvalue weighted by molar-refractivity contribution is -0.132. The number of amides is 2. The predicted octanol–water partition coefficient (Wildman–Crippen LogP) is 5.08. The van der Waals surface area contributed by atoms with Crippen molar-refractivity contribution in [1.29, 1.82) is 0 Å².